The van der Waals surface area contributed by atoms with Gasteiger partial charge in [-0.2, -0.15) is 0 Å². The molecule has 0 unspecified atom stereocenters. The van der Waals surface area contributed by atoms with Crippen molar-refractivity contribution in [1.29, 1.82) is 0 Å². The number of alkyl halides is 2. The lowest BCUT2D eigenvalue weighted by Crippen LogP contribution is -2.34. The van der Waals surface area contributed by atoms with Crippen LogP contribution in [0.4, 0.5) is 8.78 Å². The minimum atomic E-state index is -2.32. The molecular weight excluding hydrogens is 226 g/mol. The third-order valence-electron chi connectivity index (χ3n) is 2.16. The van der Waals surface area contributed by atoms with Gasteiger partial charge >= 0.3 is 0 Å². The molecule has 3 nitrogen and oxygen atoms in total. The molecule has 1 amide bonds. The molecular formula is C12H16F2N2O. The van der Waals surface area contributed by atoms with E-state index in [4.69, 9.17) is 0 Å². The summed E-state index contributed by atoms with van der Waals surface area (Å²) in [6.45, 7) is 0.673. The van der Waals surface area contributed by atoms with Crippen molar-refractivity contribution >= 4 is 5.91 Å². The fourth-order valence-electron chi connectivity index (χ4n) is 1.27. The number of halogens is 2. The van der Waals surface area contributed by atoms with E-state index in [1.165, 1.54) is 0 Å². The van der Waals surface area contributed by atoms with Crippen LogP contribution in [0, 0.1) is 0 Å². The Bertz CT molecular complexity index is 331. The molecule has 5 heteroatoms. The second-order valence-electron chi connectivity index (χ2n) is 3.62. The maximum atomic E-state index is 11.8. The second kappa shape index (κ2) is 7.73. The number of hydrogen-bond acceptors (Lipinski definition) is 2. The lowest BCUT2D eigenvalue weighted by Gasteiger charge is -2.06. The summed E-state index contributed by atoms with van der Waals surface area (Å²) in [6, 6.07) is 9.50. The van der Waals surface area contributed by atoms with Crippen LogP contribution in [0.2, 0.25) is 0 Å². The molecule has 1 rings (SSSR count). The van der Waals surface area contributed by atoms with E-state index < -0.39 is 6.43 Å². The van der Waals surface area contributed by atoms with Crippen LogP contribution >= 0.6 is 0 Å². The third kappa shape index (κ3) is 6.63. The number of rotatable bonds is 7. The zero-order valence-electron chi connectivity index (χ0n) is 9.46. The fourth-order valence-corrected chi connectivity index (χ4v) is 1.27. The van der Waals surface area contributed by atoms with Crippen LogP contribution in [0.3, 0.4) is 0 Å². The van der Waals surface area contributed by atoms with Crippen LogP contribution in [-0.4, -0.2) is 25.4 Å². The molecule has 0 aliphatic carbocycles. The summed E-state index contributed by atoms with van der Waals surface area (Å²) in [6.07, 6.45) is -2.55. The van der Waals surface area contributed by atoms with Crippen molar-refractivity contribution in [2.45, 2.75) is 19.4 Å². The first-order chi connectivity index (χ1) is 8.18. The SMILES string of the molecule is O=C(CNCCC(F)F)NCc1ccccc1. The lowest BCUT2D eigenvalue weighted by atomic mass is 10.2. The Balaban J connectivity index is 2.09. The van der Waals surface area contributed by atoms with Gasteiger partial charge in [0.25, 0.3) is 0 Å². The van der Waals surface area contributed by atoms with Crippen molar-refractivity contribution in [3.8, 4) is 0 Å². The molecule has 0 aliphatic rings. The summed E-state index contributed by atoms with van der Waals surface area (Å²) in [7, 11) is 0. The smallest absolute Gasteiger partial charge is 0.239 e. The highest BCUT2D eigenvalue weighted by atomic mass is 19.3. The zero-order chi connectivity index (χ0) is 12.5. The summed E-state index contributed by atoms with van der Waals surface area (Å²) in [4.78, 5) is 11.3. The Morgan fingerprint density at radius 3 is 2.59 bits per heavy atom. The van der Waals surface area contributed by atoms with E-state index in [9.17, 15) is 13.6 Å². The van der Waals surface area contributed by atoms with Crippen LogP contribution in [0.1, 0.15) is 12.0 Å². The minimum Gasteiger partial charge on any atom is -0.351 e. The van der Waals surface area contributed by atoms with E-state index in [-0.39, 0.29) is 25.4 Å². The summed E-state index contributed by atoms with van der Waals surface area (Å²) in [5.41, 5.74) is 1.01. The minimum absolute atomic E-state index is 0.0690. The molecule has 0 aromatic heterocycles. The Morgan fingerprint density at radius 1 is 1.24 bits per heavy atom. The average Bonchev–Trinajstić information content (AvgIpc) is 2.33. The van der Waals surface area contributed by atoms with Crippen molar-refractivity contribution in [2.24, 2.45) is 0 Å². The van der Waals surface area contributed by atoms with Gasteiger partial charge in [0.2, 0.25) is 12.3 Å². The van der Waals surface area contributed by atoms with Crippen LogP contribution in [0.25, 0.3) is 0 Å². The largest absolute Gasteiger partial charge is 0.351 e. The highest BCUT2D eigenvalue weighted by Crippen LogP contribution is 1.97. The molecule has 94 valence electrons. The van der Waals surface area contributed by atoms with Gasteiger partial charge in [-0.25, -0.2) is 8.78 Å². The van der Waals surface area contributed by atoms with Gasteiger partial charge in [-0.15, -0.1) is 0 Å². The molecule has 0 saturated heterocycles. The number of carbonyl (C=O) groups excluding carboxylic acids is 1. The molecule has 0 radical (unpaired) electrons. The summed E-state index contributed by atoms with van der Waals surface area (Å²) < 4.78 is 23.6. The normalized spacial score (nSPS) is 10.5. The van der Waals surface area contributed by atoms with Gasteiger partial charge in [-0.3, -0.25) is 4.79 Å². The first kappa shape index (κ1) is 13.6. The van der Waals surface area contributed by atoms with E-state index >= 15 is 0 Å². The summed E-state index contributed by atoms with van der Waals surface area (Å²) in [5, 5.41) is 5.36. The molecule has 1 aromatic rings. The number of amides is 1. The first-order valence-corrected chi connectivity index (χ1v) is 5.48. The maximum absolute atomic E-state index is 11.8. The van der Waals surface area contributed by atoms with E-state index in [2.05, 4.69) is 10.6 Å². The quantitative estimate of drug-likeness (QED) is 0.712. The number of hydrogen-bond donors (Lipinski definition) is 2. The molecule has 0 saturated carbocycles. The number of benzene rings is 1. The van der Waals surface area contributed by atoms with Crippen LogP contribution in [0.5, 0.6) is 0 Å². The predicted molar refractivity (Wildman–Crippen MR) is 61.8 cm³/mol. The van der Waals surface area contributed by atoms with Crippen molar-refractivity contribution < 1.29 is 13.6 Å². The predicted octanol–water partition coefficient (Wildman–Crippen LogP) is 1.55. The molecule has 2 N–H and O–H groups in total. The topological polar surface area (TPSA) is 41.1 Å². The molecule has 0 fully saturated rings. The van der Waals surface area contributed by atoms with Crippen molar-refractivity contribution in [1.82, 2.24) is 10.6 Å². The van der Waals surface area contributed by atoms with Crippen molar-refractivity contribution in [3.05, 3.63) is 35.9 Å². The van der Waals surface area contributed by atoms with Gasteiger partial charge < -0.3 is 10.6 Å². The number of nitrogens with one attached hydrogen (secondary N) is 2. The van der Waals surface area contributed by atoms with Gasteiger partial charge in [-0.05, 0) is 5.56 Å². The molecule has 0 bridgehead atoms. The molecule has 0 spiro atoms. The van der Waals surface area contributed by atoms with E-state index in [1.54, 1.807) is 0 Å². The summed E-state index contributed by atoms with van der Waals surface area (Å²) >= 11 is 0. The van der Waals surface area contributed by atoms with E-state index in [0.717, 1.165) is 5.56 Å². The monoisotopic (exact) mass is 242 g/mol. The maximum Gasteiger partial charge on any atom is 0.239 e. The molecule has 17 heavy (non-hydrogen) atoms. The molecule has 1 aromatic carbocycles. The number of carbonyl (C=O) groups is 1. The Hall–Kier alpha value is -1.49. The second-order valence-corrected chi connectivity index (χ2v) is 3.62. The molecule has 0 heterocycles. The van der Waals surface area contributed by atoms with Gasteiger partial charge in [0.15, 0.2) is 0 Å². The molecule has 0 aliphatic heterocycles. The Labute approximate surface area is 99.2 Å². The Morgan fingerprint density at radius 2 is 1.94 bits per heavy atom. The third-order valence-corrected chi connectivity index (χ3v) is 2.16. The van der Waals surface area contributed by atoms with Crippen LogP contribution < -0.4 is 10.6 Å². The van der Waals surface area contributed by atoms with Crippen molar-refractivity contribution in [2.75, 3.05) is 13.1 Å². The first-order valence-electron chi connectivity index (χ1n) is 5.48. The summed E-state index contributed by atoms with van der Waals surface area (Å²) in [5.74, 6) is -0.192. The van der Waals surface area contributed by atoms with Crippen molar-refractivity contribution in [3.63, 3.8) is 0 Å². The highest BCUT2D eigenvalue weighted by Gasteiger charge is 2.03. The lowest BCUT2D eigenvalue weighted by molar-refractivity contribution is -0.120. The highest BCUT2D eigenvalue weighted by molar-refractivity contribution is 5.77. The van der Waals surface area contributed by atoms with Gasteiger partial charge in [-0.1, -0.05) is 30.3 Å². The van der Waals surface area contributed by atoms with Crippen LogP contribution in [0.15, 0.2) is 30.3 Å². The van der Waals surface area contributed by atoms with Crippen LogP contribution in [-0.2, 0) is 11.3 Å². The van der Waals surface area contributed by atoms with E-state index in [1.807, 2.05) is 30.3 Å². The standard InChI is InChI=1S/C12H16F2N2O/c13-11(14)6-7-15-9-12(17)16-8-10-4-2-1-3-5-10/h1-5,11,15H,6-9H2,(H,16,17). The Kier molecular flexibility index (Phi) is 6.17. The zero-order valence-corrected chi connectivity index (χ0v) is 9.46. The average molecular weight is 242 g/mol. The molecule has 0 atom stereocenters. The van der Waals surface area contributed by atoms with Gasteiger partial charge in [0, 0.05) is 19.5 Å². The van der Waals surface area contributed by atoms with E-state index in [0.29, 0.717) is 6.54 Å². The van der Waals surface area contributed by atoms with Gasteiger partial charge in [0.05, 0.1) is 6.54 Å². The fraction of sp³-hybridized carbons (Fsp3) is 0.417. The van der Waals surface area contributed by atoms with Gasteiger partial charge in [0.1, 0.15) is 0 Å².